The van der Waals surface area contributed by atoms with Crippen LogP contribution in [0.3, 0.4) is 0 Å². The number of thioether (sulfide) groups is 1. The van der Waals surface area contributed by atoms with Crippen LogP contribution in [0.5, 0.6) is 0 Å². The van der Waals surface area contributed by atoms with E-state index in [4.69, 9.17) is 11.6 Å². The maximum atomic E-state index is 12.8. The highest BCUT2D eigenvalue weighted by molar-refractivity contribution is 7.99. The molecule has 1 aromatic carbocycles. The standard InChI is InChI=1S/C20H29ClN2O3S2/c21-17-8-10-19(11-9-17)28(25,26)23-13-4-5-16(15-23)20(24)22-12-14-27-18-6-2-1-3-7-18/h8-11,16,18H,1-7,12-15H2,(H,22,24). The Balaban J connectivity index is 1.48. The van der Waals surface area contributed by atoms with Gasteiger partial charge >= 0.3 is 0 Å². The summed E-state index contributed by atoms with van der Waals surface area (Å²) in [5.41, 5.74) is 0. The quantitative estimate of drug-likeness (QED) is 0.647. The van der Waals surface area contributed by atoms with E-state index in [0.29, 0.717) is 24.5 Å². The number of rotatable bonds is 7. The van der Waals surface area contributed by atoms with E-state index in [-0.39, 0.29) is 23.3 Å². The SMILES string of the molecule is O=C(NCCSC1CCCCC1)C1CCCN(S(=O)(=O)c2ccc(Cl)cc2)C1. The summed E-state index contributed by atoms with van der Waals surface area (Å²) in [6, 6.07) is 6.19. The Kier molecular flexibility index (Phi) is 8.09. The number of benzene rings is 1. The van der Waals surface area contributed by atoms with Crippen molar-refractivity contribution in [2.24, 2.45) is 5.92 Å². The number of halogens is 1. The van der Waals surface area contributed by atoms with E-state index in [2.05, 4.69) is 5.32 Å². The first kappa shape index (κ1) is 21.9. The zero-order valence-corrected chi connectivity index (χ0v) is 18.5. The van der Waals surface area contributed by atoms with E-state index >= 15 is 0 Å². The van der Waals surface area contributed by atoms with Crippen LogP contribution in [0.15, 0.2) is 29.2 Å². The van der Waals surface area contributed by atoms with Crippen LogP contribution in [0.2, 0.25) is 5.02 Å². The minimum atomic E-state index is -3.59. The van der Waals surface area contributed by atoms with Crippen molar-refractivity contribution >= 4 is 39.3 Å². The molecule has 1 unspecified atom stereocenters. The van der Waals surface area contributed by atoms with Gasteiger partial charge in [0.15, 0.2) is 0 Å². The monoisotopic (exact) mass is 444 g/mol. The van der Waals surface area contributed by atoms with Crippen LogP contribution in [0.25, 0.3) is 0 Å². The van der Waals surface area contributed by atoms with Crippen molar-refractivity contribution in [1.82, 2.24) is 9.62 Å². The Morgan fingerprint density at radius 1 is 1.11 bits per heavy atom. The van der Waals surface area contributed by atoms with Crippen LogP contribution in [-0.4, -0.2) is 49.3 Å². The lowest BCUT2D eigenvalue weighted by Gasteiger charge is -2.31. The molecule has 1 aliphatic heterocycles. The van der Waals surface area contributed by atoms with E-state index in [1.54, 1.807) is 12.1 Å². The van der Waals surface area contributed by atoms with Gasteiger partial charge in [-0.05, 0) is 49.9 Å². The van der Waals surface area contributed by atoms with Crippen molar-refractivity contribution in [1.29, 1.82) is 0 Å². The molecule has 2 fully saturated rings. The predicted octanol–water partition coefficient (Wildman–Crippen LogP) is 3.92. The largest absolute Gasteiger partial charge is 0.355 e. The summed E-state index contributed by atoms with van der Waals surface area (Å²) in [6.07, 6.45) is 8.01. The van der Waals surface area contributed by atoms with Gasteiger partial charge in [-0.25, -0.2) is 8.42 Å². The van der Waals surface area contributed by atoms with Crippen molar-refractivity contribution in [3.8, 4) is 0 Å². The van der Waals surface area contributed by atoms with E-state index in [1.807, 2.05) is 11.8 Å². The molecule has 0 spiro atoms. The molecule has 1 aromatic rings. The second-order valence-electron chi connectivity index (χ2n) is 7.58. The highest BCUT2D eigenvalue weighted by Gasteiger charge is 2.33. The number of amides is 1. The molecule has 5 nitrogen and oxygen atoms in total. The third-order valence-electron chi connectivity index (χ3n) is 5.51. The molecule has 1 atom stereocenters. The lowest BCUT2D eigenvalue weighted by atomic mass is 9.99. The number of carbonyl (C=O) groups excluding carboxylic acids is 1. The Morgan fingerprint density at radius 3 is 2.54 bits per heavy atom. The topological polar surface area (TPSA) is 66.5 Å². The van der Waals surface area contributed by atoms with Gasteiger partial charge in [0, 0.05) is 35.7 Å². The second-order valence-corrected chi connectivity index (χ2v) is 11.4. The van der Waals surface area contributed by atoms with Gasteiger partial charge < -0.3 is 5.32 Å². The van der Waals surface area contributed by atoms with Crippen LogP contribution in [0, 0.1) is 5.92 Å². The highest BCUT2D eigenvalue weighted by Crippen LogP contribution is 2.28. The second kappa shape index (κ2) is 10.3. The molecule has 1 saturated heterocycles. The lowest BCUT2D eigenvalue weighted by Crippen LogP contribution is -2.45. The fourth-order valence-corrected chi connectivity index (χ4v) is 6.78. The molecule has 28 heavy (non-hydrogen) atoms. The van der Waals surface area contributed by atoms with Crippen LogP contribution in [-0.2, 0) is 14.8 Å². The Bertz CT molecular complexity index is 749. The first-order chi connectivity index (χ1) is 13.5. The molecule has 8 heteroatoms. The molecular formula is C20H29ClN2O3S2. The first-order valence-electron chi connectivity index (χ1n) is 10.1. The minimum absolute atomic E-state index is 0.0275. The Morgan fingerprint density at radius 2 is 1.82 bits per heavy atom. The summed E-state index contributed by atoms with van der Waals surface area (Å²) in [6.45, 7) is 1.35. The molecule has 1 amide bonds. The van der Waals surface area contributed by atoms with Crippen molar-refractivity contribution < 1.29 is 13.2 Å². The van der Waals surface area contributed by atoms with Gasteiger partial charge in [0.2, 0.25) is 15.9 Å². The van der Waals surface area contributed by atoms with Crippen LogP contribution in [0.4, 0.5) is 0 Å². The van der Waals surface area contributed by atoms with Crippen LogP contribution >= 0.6 is 23.4 Å². The lowest BCUT2D eigenvalue weighted by molar-refractivity contribution is -0.125. The number of sulfonamides is 1. The zero-order valence-electron chi connectivity index (χ0n) is 16.1. The van der Waals surface area contributed by atoms with E-state index in [1.165, 1.54) is 48.5 Å². The average Bonchev–Trinajstić information content (AvgIpc) is 2.72. The summed E-state index contributed by atoms with van der Waals surface area (Å²) in [5.74, 6) is 0.617. The van der Waals surface area contributed by atoms with Gasteiger partial charge in [-0.1, -0.05) is 30.9 Å². The number of nitrogens with zero attached hydrogens (tertiary/aromatic N) is 1. The van der Waals surface area contributed by atoms with E-state index in [9.17, 15) is 13.2 Å². The van der Waals surface area contributed by atoms with Gasteiger partial charge in [0.1, 0.15) is 0 Å². The fourth-order valence-electron chi connectivity index (χ4n) is 3.91. The molecule has 0 bridgehead atoms. The smallest absolute Gasteiger partial charge is 0.243 e. The van der Waals surface area contributed by atoms with Gasteiger partial charge in [0.05, 0.1) is 10.8 Å². The Labute approximate surface area is 177 Å². The third-order valence-corrected chi connectivity index (χ3v) is 9.03. The fraction of sp³-hybridized carbons (Fsp3) is 0.650. The molecule has 0 aromatic heterocycles. The van der Waals surface area contributed by atoms with Gasteiger partial charge in [-0.3, -0.25) is 4.79 Å². The maximum absolute atomic E-state index is 12.8. The van der Waals surface area contributed by atoms with Crippen molar-refractivity contribution in [2.45, 2.75) is 55.1 Å². The third kappa shape index (κ3) is 5.88. The maximum Gasteiger partial charge on any atom is 0.243 e. The van der Waals surface area contributed by atoms with Gasteiger partial charge in [-0.2, -0.15) is 16.1 Å². The molecular weight excluding hydrogens is 416 g/mol. The summed E-state index contributed by atoms with van der Waals surface area (Å²) in [5, 5.41) is 4.25. The Hall–Kier alpha value is -0.760. The van der Waals surface area contributed by atoms with Crippen molar-refractivity contribution in [3.63, 3.8) is 0 Å². The van der Waals surface area contributed by atoms with E-state index < -0.39 is 10.0 Å². The highest BCUT2D eigenvalue weighted by atomic mass is 35.5. The first-order valence-corrected chi connectivity index (χ1v) is 13.0. The minimum Gasteiger partial charge on any atom is -0.355 e. The van der Waals surface area contributed by atoms with Crippen molar-refractivity contribution in [3.05, 3.63) is 29.3 Å². The van der Waals surface area contributed by atoms with Gasteiger partial charge in [0.25, 0.3) is 0 Å². The van der Waals surface area contributed by atoms with E-state index in [0.717, 1.165) is 17.4 Å². The van der Waals surface area contributed by atoms with Crippen molar-refractivity contribution in [2.75, 3.05) is 25.4 Å². The molecule has 1 aliphatic carbocycles. The molecule has 0 radical (unpaired) electrons. The van der Waals surface area contributed by atoms with Gasteiger partial charge in [-0.15, -0.1) is 0 Å². The molecule has 2 aliphatic rings. The number of hydrogen-bond donors (Lipinski definition) is 1. The number of piperidine rings is 1. The number of hydrogen-bond acceptors (Lipinski definition) is 4. The predicted molar refractivity (Wildman–Crippen MR) is 115 cm³/mol. The normalized spacial score (nSPS) is 22.1. The average molecular weight is 445 g/mol. The zero-order chi connectivity index (χ0) is 20.0. The molecule has 1 heterocycles. The van der Waals surface area contributed by atoms with Crippen LogP contribution < -0.4 is 5.32 Å². The summed E-state index contributed by atoms with van der Waals surface area (Å²) in [7, 11) is -3.59. The summed E-state index contributed by atoms with van der Waals surface area (Å²) >= 11 is 7.82. The summed E-state index contributed by atoms with van der Waals surface area (Å²) in [4.78, 5) is 12.8. The molecule has 1 N–H and O–H groups in total. The molecule has 1 saturated carbocycles. The summed E-state index contributed by atoms with van der Waals surface area (Å²) < 4.78 is 27.1. The molecule has 3 rings (SSSR count). The molecule has 156 valence electrons. The number of carbonyl (C=O) groups is 1. The number of nitrogens with one attached hydrogen (secondary N) is 1. The van der Waals surface area contributed by atoms with Crippen LogP contribution in [0.1, 0.15) is 44.9 Å².